The highest BCUT2D eigenvalue weighted by Crippen LogP contribution is 2.25. The number of aryl methyl sites for hydroxylation is 1. The van der Waals surface area contributed by atoms with Crippen LogP contribution in [0.3, 0.4) is 0 Å². The van der Waals surface area contributed by atoms with Crippen LogP contribution >= 0.6 is 11.6 Å². The summed E-state index contributed by atoms with van der Waals surface area (Å²) in [6, 6.07) is 3.73. The minimum atomic E-state index is -0.404. The van der Waals surface area contributed by atoms with Gasteiger partial charge in [-0.2, -0.15) is 0 Å². The minimum absolute atomic E-state index is 0.0254. The summed E-state index contributed by atoms with van der Waals surface area (Å²) >= 11 is 6.01. The molecule has 0 aliphatic carbocycles. The molecule has 94 valence electrons. The molecular formula is C13H18ClNO2. The molecular weight excluding hydrogens is 238 g/mol. The van der Waals surface area contributed by atoms with Crippen LogP contribution in [-0.4, -0.2) is 18.5 Å². The van der Waals surface area contributed by atoms with E-state index >= 15 is 0 Å². The predicted octanol–water partition coefficient (Wildman–Crippen LogP) is 2.77. The first-order chi connectivity index (χ1) is 7.95. The van der Waals surface area contributed by atoms with E-state index in [-0.39, 0.29) is 5.78 Å². The Labute approximate surface area is 107 Å². The van der Waals surface area contributed by atoms with Crippen molar-refractivity contribution in [3.63, 3.8) is 0 Å². The molecule has 1 atom stereocenters. The van der Waals surface area contributed by atoms with Gasteiger partial charge in [-0.15, -0.1) is 0 Å². The van der Waals surface area contributed by atoms with E-state index in [0.717, 1.165) is 11.1 Å². The van der Waals surface area contributed by atoms with Crippen molar-refractivity contribution in [2.24, 2.45) is 0 Å². The lowest BCUT2D eigenvalue weighted by molar-refractivity contribution is -0.127. The van der Waals surface area contributed by atoms with Gasteiger partial charge in [0.15, 0.2) is 5.78 Å². The fourth-order valence-corrected chi connectivity index (χ4v) is 1.97. The molecule has 17 heavy (non-hydrogen) atoms. The summed E-state index contributed by atoms with van der Waals surface area (Å²) in [6.07, 6.45) is 0.128. The topological polar surface area (TPSA) is 52.3 Å². The van der Waals surface area contributed by atoms with Crippen LogP contribution in [0.25, 0.3) is 0 Å². The average molecular weight is 256 g/mol. The molecule has 0 aliphatic heterocycles. The number of benzene rings is 1. The van der Waals surface area contributed by atoms with E-state index in [1.807, 2.05) is 19.9 Å². The van der Waals surface area contributed by atoms with Crippen molar-refractivity contribution in [2.45, 2.75) is 33.3 Å². The molecule has 0 amide bonds. The summed E-state index contributed by atoms with van der Waals surface area (Å²) < 4.78 is 5.39. The van der Waals surface area contributed by atoms with Crippen molar-refractivity contribution >= 4 is 23.1 Å². The van der Waals surface area contributed by atoms with Gasteiger partial charge in [-0.1, -0.05) is 17.7 Å². The summed E-state index contributed by atoms with van der Waals surface area (Å²) in [4.78, 5) is 11.4. The van der Waals surface area contributed by atoms with Crippen molar-refractivity contribution in [1.29, 1.82) is 0 Å². The molecule has 3 nitrogen and oxygen atoms in total. The maximum Gasteiger partial charge on any atom is 0.158 e. The maximum atomic E-state index is 11.4. The normalized spacial score (nSPS) is 12.5. The number of nitrogens with two attached hydrogens (primary N) is 1. The Morgan fingerprint density at radius 1 is 1.53 bits per heavy atom. The van der Waals surface area contributed by atoms with Gasteiger partial charge in [0.2, 0.25) is 0 Å². The molecule has 0 heterocycles. The fourth-order valence-electron chi connectivity index (χ4n) is 1.68. The van der Waals surface area contributed by atoms with Crippen LogP contribution in [0.1, 0.15) is 25.0 Å². The van der Waals surface area contributed by atoms with Crippen LogP contribution in [0.5, 0.6) is 0 Å². The fraction of sp³-hybridized carbons (Fsp3) is 0.462. The second-order valence-corrected chi connectivity index (χ2v) is 4.47. The van der Waals surface area contributed by atoms with E-state index in [1.54, 1.807) is 6.07 Å². The molecule has 2 N–H and O–H groups in total. The first-order valence-electron chi connectivity index (χ1n) is 5.62. The third-order valence-corrected chi connectivity index (χ3v) is 2.95. The van der Waals surface area contributed by atoms with Crippen LogP contribution < -0.4 is 5.73 Å². The smallest absolute Gasteiger partial charge is 0.158 e. The van der Waals surface area contributed by atoms with Gasteiger partial charge in [-0.25, -0.2) is 0 Å². The van der Waals surface area contributed by atoms with E-state index in [0.29, 0.717) is 23.7 Å². The third kappa shape index (κ3) is 3.72. The second kappa shape index (κ2) is 6.03. The Kier molecular flexibility index (Phi) is 4.97. The number of Topliss-reactive ketones (excluding diaryl/α,β-unsaturated/α-hetero) is 1. The van der Waals surface area contributed by atoms with Gasteiger partial charge in [-0.3, -0.25) is 4.79 Å². The number of ketones is 1. The number of carbonyl (C=O) groups excluding carboxylic acids is 1. The van der Waals surface area contributed by atoms with E-state index < -0.39 is 6.10 Å². The van der Waals surface area contributed by atoms with Crippen molar-refractivity contribution in [3.05, 3.63) is 28.3 Å². The summed E-state index contributed by atoms with van der Waals surface area (Å²) in [5.41, 5.74) is 8.25. The standard InChI is InChI=1S/C13H18ClNO2/c1-4-17-12(9(3)16)7-10-5-8(2)13(15)11(14)6-10/h5-6,12H,4,7,15H2,1-3H3/t12-/m1/s1. The Morgan fingerprint density at radius 3 is 2.65 bits per heavy atom. The summed E-state index contributed by atoms with van der Waals surface area (Å²) in [6.45, 7) is 5.82. The molecule has 0 saturated heterocycles. The molecule has 0 fully saturated rings. The van der Waals surface area contributed by atoms with Gasteiger partial charge < -0.3 is 10.5 Å². The molecule has 0 radical (unpaired) electrons. The highest BCUT2D eigenvalue weighted by atomic mass is 35.5. The number of halogens is 1. The molecule has 1 rings (SSSR count). The highest BCUT2D eigenvalue weighted by molar-refractivity contribution is 6.33. The number of hydrogen-bond donors (Lipinski definition) is 1. The molecule has 0 bridgehead atoms. The van der Waals surface area contributed by atoms with Crippen LogP contribution in [-0.2, 0) is 16.0 Å². The maximum absolute atomic E-state index is 11.4. The second-order valence-electron chi connectivity index (χ2n) is 4.07. The Balaban J connectivity index is 2.90. The monoisotopic (exact) mass is 255 g/mol. The lowest BCUT2D eigenvalue weighted by atomic mass is 10.0. The Morgan fingerprint density at radius 2 is 2.18 bits per heavy atom. The SMILES string of the molecule is CCO[C@H](Cc1cc(C)c(N)c(Cl)c1)C(C)=O. The zero-order valence-corrected chi connectivity index (χ0v) is 11.2. The zero-order valence-electron chi connectivity index (χ0n) is 10.4. The largest absolute Gasteiger partial charge is 0.397 e. The van der Waals surface area contributed by atoms with Gasteiger partial charge >= 0.3 is 0 Å². The van der Waals surface area contributed by atoms with Gasteiger partial charge in [-0.05, 0) is 38.0 Å². The lowest BCUT2D eigenvalue weighted by Gasteiger charge is -2.15. The van der Waals surface area contributed by atoms with Gasteiger partial charge in [0.05, 0.1) is 10.7 Å². The molecule has 0 unspecified atom stereocenters. The molecule has 0 spiro atoms. The number of carbonyl (C=O) groups is 1. The van der Waals surface area contributed by atoms with Crippen LogP contribution in [0, 0.1) is 6.92 Å². The summed E-state index contributed by atoms with van der Waals surface area (Å²) in [5, 5.41) is 0.527. The van der Waals surface area contributed by atoms with Crippen LogP contribution in [0.4, 0.5) is 5.69 Å². The van der Waals surface area contributed by atoms with Crippen molar-refractivity contribution in [2.75, 3.05) is 12.3 Å². The van der Waals surface area contributed by atoms with Crippen molar-refractivity contribution < 1.29 is 9.53 Å². The van der Waals surface area contributed by atoms with Crippen molar-refractivity contribution in [3.8, 4) is 0 Å². The van der Waals surface area contributed by atoms with Gasteiger partial charge in [0.1, 0.15) is 6.10 Å². The quantitative estimate of drug-likeness (QED) is 0.823. The molecule has 1 aromatic carbocycles. The number of anilines is 1. The third-order valence-electron chi connectivity index (χ3n) is 2.64. The van der Waals surface area contributed by atoms with Gasteiger partial charge in [0, 0.05) is 13.0 Å². The first-order valence-corrected chi connectivity index (χ1v) is 6.00. The predicted molar refractivity (Wildman–Crippen MR) is 70.4 cm³/mol. The van der Waals surface area contributed by atoms with Crippen molar-refractivity contribution in [1.82, 2.24) is 0 Å². The lowest BCUT2D eigenvalue weighted by Crippen LogP contribution is -2.24. The van der Waals surface area contributed by atoms with Gasteiger partial charge in [0.25, 0.3) is 0 Å². The zero-order chi connectivity index (χ0) is 13.0. The Bertz CT molecular complexity index is 395. The van der Waals surface area contributed by atoms with E-state index in [1.165, 1.54) is 6.92 Å². The molecule has 1 aromatic rings. The Hall–Kier alpha value is -1.06. The van der Waals surface area contributed by atoms with E-state index in [4.69, 9.17) is 22.1 Å². The highest BCUT2D eigenvalue weighted by Gasteiger charge is 2.15. The number of ether oxygens (including phenoxy) is 1. The van der Waals surface area contributed by atoms with Crippen LogP contribution in [0.15, 0.2) is 12.1 Å². The molecule has 0 saturated carbocycles. The van der Waals surface area contributed by atoms with E-state index in [2.05, 4.69) is 0 Å². The van der Waals surface area contributed by atoms with E-state index in [9.17, 15) is 4.79 Å². The first kappa shape index (κ1) is 14.0. The number of hydrogen-bond acceptors (Lipinski definition) is 3. The molecule has 0 aliphatic rings. The van der Waals surface area contributed by atoms with Crippen LogP contribution in [0.2, 0.25) is 5.02 Å². The summed E-state index contributed by atoms with van der Waals surface area (Å²) in [5.74, 6) is 0.0254. The number of nitrogen functional groups attached to an aromatic ring is 1. The molecule has 0 aromatic heterocycles. The minimum Gasteiger partial charge on any atom is -0.397 e. The number of rotatable bonds is 5. The molecule has 4 heteroatoms. The summed E-state index contributed by atoms with van der Waals surface area (Å²) in [7, 11) is 0. The average Bonchev–Trinajstić information content (AvgIpc) is 2.25.